The van der Waals surface area contributed by atoms with Crippen molar-refractivity contribution in [1.82, 2.24) is 5.32 Å². The highest BCUT2D eigenvalue weighted by atomic mass is 79.9. The van der Waals surface area contributed by atoms with Crippen LogP contribution in [0.15, 0.2) is 22.7 Å². The molecule has 0 heterocycles. The number of rotatable bonds is 3. The Labute approximate surface area is 133 Å². The van der Waals surface area contributed by atoms with E-state index in [1.54, 1.807) is 0 Å². The molecule has 1 saturated carbocycles. The van der Waals surface area contributed by atoms with Crippen molar-refractivity contribution < 1.29 is 14.3 Å². The van der Waals surface area contributed by atoms with Gasteiger partial charge in [-0.05, 0) is 60.7 Å². The molecule has 1 aromatic carbocycles. The second kappa shape index (κ2) is 7.07. The minimum Gasteiger partial charge on any atom is -0.469 e. The summed E-state index contributed by atoms with van der Waals surface area (Å²) < 4.78 is 5.57. The zero-order valence-corrected chi connectivity index (χ0v) is 13.9. The van der Waals surface area contributed by atoms with Crippen LogP contribution in [0.3, 0.4) is 0 Å². The van der Waals surface area contributed by atoms with Crippen LogP contribution in [0.2, 0.25) is 0 Å². The third-order valence-electron chi connectivity index (χ3n) is 3.96. The van der Waals surface area contributed by atoms with E-state index < -0.39 is 0 Å². The second-order valence-electron chi connectivity index (χ2n) is 5.53. The fourth-order valence-corrected chi connectivity index (χ4v) is 3.14. The maximum Gasteiger partial charge on any atom is 0.308 e. The van der Waals surface area contributed by atoms with E-state index in [2.05, 4.69) is 21.2 Å². The van der Waals surface area contributed by atoms with Gasteiger partial charge in [-0.3, -0.25) is 9.59 Å². The molecule has 0 atom stereocenters. The molecule has 0 unspecified atom stereocenters. The van der Waals surface area contributed by atoms with Gasteiger partial charge in [0.2, 0.25) is 0 Å². The third-order valence-corrected chi connectivity index (χ3v) is 4.65. The maximum atomic E-state index is 12.3. The summed E-state index contributed by atoms with van der Waals surface area (Å²) in [5, 5.41) is 3.06. The predicted octanol–water partition coefficient (Wildman–Crippen LogP) is 3.22. The normalized spacial score (nSPS) is 21.7. The van der Waals surface area contributed by atoms with Gasteiger partial charge in [0, 0.05) is 10.5 Å². The summed E-state index contributed by atoms with van der Waals surface area (Å²) in [4.78, 5) is 23.8. The Hall–Kier alpha value is -1.36. The quantitative estimate of drug-likeness (QED) is 0.848. The van der Waals surface area contributed by atoms with Crippen molar-refractivity contribution in [3.8, 4) is 0 Å². The number of benzene rings is 1. The van der Waals surface area contributed by atoms with Gasteiger partial charge < -0.3 is 10.1 Å². The van der Waals surface area contributed by atoms with Crippen LogP contribution in [-0.2, 0) is 9.53 Å². The minimum atomic E-state index is -0.138. The van der Waals surface area contributed by atoms with Crippen molar-refractivity contribution in [2.45, 2.75) is 38.6 Å². The zero-order valence-electron chi connectivity index (χ0n) is 12.3. The number of methoxy groups -OCH3 is 1. The van der Waals surface area contributed by atoms with E-state index in [1.807, 2.05) is 25.1 Å². The fraction of sp³-hybridized carbons (Fsp3) is 0.500. The first-order chi connectivity index (χ1) is 10.0. The highest BCUT2D eigenvalue weighted by Crippen LogP contribution is 2.26. The van der Waals surface area contributed by atoms with Gasteiger partial charge in [-0.25, -0.2) is 0 Å². The molecule has 1 aliphatic carbocycles. The molecular formula is C16H20BrNO3. The average Bonchev–Trinajstić information content (AvgIpc) is 2.49. The minimum absolute atomic E-state index is 0.0196. The molecule has 0 saturated heterocycles. The van der Waals surface area contributed by atoms with Crippen LogP contribution in [0.1, 0.15) is 41.6 Å². The number of amides is 1. The summed E-state index contributed by atoms with van der Waals surface area (Å²) in [6.07, 6.45) is 3.17. The summed E-state index contributed by atoms with van der Waals surface area (Å²) in [5.41, 5.74) is 1.71. The van der Waals surface area contributed by atoms with Gasteiger partial charge in [0.1, 0.15) is 0 Å². The topological polar surface area (TPSA) is 55.4 Å². The monoisotopic (exact) mass is 353 g/mol. The lowest BCUT2D eigenvalue weighted by atomic mass is 9.86. The number of hydrogen-bond acceptors (Lipinski definition) is 3. The third kappa shape index (κ3) is 4.06. The smallest absolute Gasteiger partial charge is 0.308 e. The second-order valence-corrected chi connectivity index (χ2v) is 6.38. The Bertz CT molecular complexity index is 536. The highest BCUT2D eigenvalue weighted by molar-refractivity contribution is 9.10. The van der Waals surface area contributed by atoms with Gasteiger partial charge in [-0.15, -0.1) is 0 Å². The van der Waals surface area contributed by atoms with Crippen LogP contribution in [0.4, 0.5) is 0 Å². The first-order valence-corrected chi connectivity index (χ1v) is 7.95. The molecule has 0 aliphatic heterocycles. The van der Waals surface area contributed by atoms with Gasteiger partial charge in [0.15, 0.2) is 0 Å². The lowest BCUT2D eigenvalue weighted by Crippen LogP contribution is -2.39. The lowest BCUT2D eigenvalue weighted by molar-refractivity contribution is -0.146. The molecule has 2 rings (SSSR count). The van der Waals surface area contributed by atoms with Gasteiger partial charge in [-0.2, -0.15) is 0 Å². The molecule has 21 heavy (non-hydrogen) atoms. The standard InChI is InChI=1S/C16H20BrNO3/c1-10-3-8-14(17)13(9-10)15(19)18-12-6-4-11(5-7-12)16(20)21-2/h3,8-9,11-12H,4-7H2,1-2H3,(H,18,19). The molecule has 1 amide bonds. The molecule has 1 N–H and O–H groups in total. The Morgan fingerprint density at radius 1 is 1.24 bits per heavy atom. The van der Waals surface area contributed by atoms with Gasteiger partial charge in [0.05, 0.1) is 18.6 Å². The number of nitrogens with one attached hydrogen (secondary N) is 1. The van der Waals surface area contributed by atoms with Crippen molar-refractivity contribution in [3.63, 3.8) is 0 Å². The molecule has 0 aromatic heterocycles. The van der Waals surface area contributed by atoms with E-state index in [0.29, 0.717) is 5.56 Å². The molecule has 5 heteroatoms. The summed E-state index contributed by atoms with van der Waals surface area (Å²) in [6.45, 7) is 1.96. The summed E-state index contributed by atoms with van der Waals surface area (Å²) in [5.74, 6) is -0.220. The van der Waals surface area contributed by atoms with Gasteiger partial charge in [0.25, 0.3) is 5.91 Å². The van der Waals surface area contributed by atoms with Crippen LogP contribution in [0, 0.1) is 12.8 Å². The highest BCUT2D eigenvalue weighted by Gasteiger charge is 2.28. The molecule has 1 aliphatic rings. The first kappa shape index (κ1) is 16.0. The zero-order chi connectivity index (χ0) is 15.4. The van der Waals surface area contributed by atoms with E-state index in [-0.39, 0.29) is 23.8 Å². The Morgan fingerprint density at radius 3 is 2.52 bits per heavy atom. The molecule has 1 fully saturated rings. The molecule has 0 bridgehead atoms. The van der Waals surface area contributed by atoms with Crippen LogP contribution in [-0.4, -0.2) is 25.0 Å². The van der Waals surface area contributed by atoms with Crippen molar-refractivity contribution in [2.24, 2.45) is 5.92 Å². The molecular weight excluding hydrogens is 334 g/mol. The van der Waals surface area contributed by atoms with Crippen molar-refractivity contribution in [2.75, 3.05) is 7.11 Å². The van der Waals surface area contributed by atoms with Crippen LogP contribution in [0.25, 0.3) is 0 Å². The number of carbonyl (C=O) groups is 2. The van der Waals surface area contributed by atoms with E-state index in [1.165, 1.54) is 7.11 Å². The summed E-state index contributed by atoms with van der Waals surface area (Å²) in [6, 6.07) is 5.85. The maximum absolute atomic E-state index is 12.3. The SMILES string of the molecule is COC(=O)C1CCC(NC(=O)c2cc(C)ccc2Br)CC1. The summed E-state index contributed by atoms with van der Waals surface area (Å²) >= 11 is 3.41. The first-order valence-electron chi connectivity index (χ1n) is 7.16. The van der Waals surface area contributed by atoms with E-state index in [4.69, 9.17) is 4.74 Å². The van der Waals surface area contributed by atoms with E-state index in [0.717, 1.165) is 35.7 Å². The molecule has 114 valence electrons. The van der Waals surface area contributed by atoms with E-state index >= 15 is 0 Å². The molecule has 0 radical (unpaired) electrons. The fourth-order valence-electron chi connectivity index (χ4n) is 2.72. The van der Waals surface area contributed by atoms with Crippen molar-refractivity contribution in [3.05, 3.63) is 33.8 Å². The number of halogens is 1. The number of aryl methyl sites for hydroxylation is 1. The number of carbonyl (C=O) groups excluding carboxylic acids is 2. The Kier molecular flexibility index (Phi) is 5.39. The summed E-state index contributed by atoms with van der Waals surface area (Å²) in [7, 11) is 1.42. The Balaban J connectivity index is 1.93. The number of ether oxygens (including phenoxy) is 1. The van der Waals surface area contributed by atoms with Crippen LogP contribution in [0.5, 0.6) is 0 Å². The predicted molar refractivity (Wildman–Crippen MR) is 84.1 cm³/mol. The van der Waals surface area contributed by atoms with E-state index in [9.17, 15) is 9.59 Å². The number of hydrogen-bond donors (Lipinski definition) is 1. The average molecular weight is 354 g/mol. The van der Waals surface area contributed by atoms with Crippen LogP contribution < -0.4 is 5.32 Å². The van der Waals surface area contributed by atoms with Crippen LogP contribution >= 0.6 is 15.9 Å². The largest absolute Gasteiger partial charge is 0.469 e. The molecule has 4 nitrogen and oxygen atoms in total. The van der Waals surface area contributed by atoms with Gasteiger partial charge >= 0.3 is 5.97 Å². The van der Waals surface area contributed by atoms with Crippen molar-refractivity contribution >= 4 is 27.8 Å². The lowest BCUT2D eigenvalue weighted by Gasteiger charge is -2.27. The van der Waals surface area contributed by atoms with Crippen molar-refractivity contribution in [1.29, 1.82) is 0 Å². The number of esters is 1. The van der Waals surface area contributed by atoms with Gasteiger partial charge in [-0.1, -0.05) is 11.6 Å². The molecule has 1 aromatic rings. The molecule has 0 spiro atoms. The Morgan fingerprint density at radius 2 is 1.90 bits per heavy atom.